The maximum Gasteiger partial charge on any atom is 0.248 e. The molecule has 0 saturated carbocycles. The summed E-state index contributed by atoms with van der Waals surface area (Å²) in [5, 5.41) is 0. The zero-order valence-electron chi connectivity index (χ0n) is 24.2. The lowest BCUT2D eigenvalue weighted by Gasteiger charge is -2.35. The van der Waals surface area contributed by atoms with E-state index in [1.165, 1.54) is 37.3 Å². The van der Waals surface area contributed by atoms with Crippen molar-refractivity contribution in [1.29, 1.82) is 0 Å². The van der Waals surface area contributed by atoms with E-state index in [9.17, 15) is 13.2 Å². The van der Waals surface area contributed by atoms with Crippen LogP contribution in [0.3, 0.4) is 0 Å². The van der Waals surface area contributed by atoms with E-state index in [1.54, 1.807) is 23.5 Å². The Kier molecular flexibility index (Phi) is 9.19. The molecule has 0 radical (unpaired) electrons. The average molecular weight is 573 g/mol. The summed E-state index contributed by atoms with van der Waals surface area (Å²) in [5.41, 5.74) is 3.87. The van der Waals surface area contributed by atoms with Gasteiger partial charge in [0.2, 0.25) is 15.9 Å². The highest BCUT2D eigenvalue weighted by molar-refractivity contribution is 7.89. The molecule has 0 spiro atoms. The van der Waals surface area contributed by atoms with E-state index < -0.39 is 10.0 Å². The number of aromatic nitrogens is 1. The number of nitrogens with zero attached hydrogens (tertiary/aromatic N) is 4. The largest absolute Gasteiger partial charge is 0.497 e. The summed E-state index contributed by atoms with van der Waals surface area (Å²) < 4.78 is 42.7. The van der Waals surface area contributed by atoms with Crippen LogP contribution in [0.5, 0.6) is 5.75 Å². The zero-order chi connectivity index (χ0) is 28.3. The van der Waals surface area contributed by atoms with Crippen molar-refractivity contribution in [1.82, 2.24) is 18.7 Å². The van der Waals surface area contributed by atoms with Gasteiger partial charge in [0.05, 0.1) is 25.2 Å². The third-order valence-electron chi connectivity index (χ3n) is 8.69. The van der Waals surface area contributed by atoms with Gasteiger partial charge in [0, 0.05) is 50.0 Å². The minimum Gasteiger partial charge on any atom is -0.497 e. The van der Waals surface area contributed by atoms with Crippen LogP contribution in [0.15, 0.2) is 29.2 Å². The molecule has 5 rings (SSSR count). The van der Waals surface area contributed by atoms with Crippen LogP contribution in [0, 0.1) is 13.8 Å². The summed E-state index contributed by atoms with van der Waals surface area (Å²) in [5.74, 6) is 0.604. The number of sulfonamides is 1. The lowest BCUT2D eigenvalue weighted by Crippen LogP contribution is -2.47. The number of hydrogen-bond acceptors (Lipinski definition) is 6. The topological polar surface area (TPSA) is 84.3 Å². The Morgan fingerprint density at radius 1 is 0.975 bits per heavy atom. The first kappa shape index (κ1) is 29.1. The summed E-state index contributed by atoms with van der Waals surface area (Å²) in [6, 6.07) is 7.59. The fraction of sp³-hybridized carbons (Fsp3) is 0.633. The molecule has 4 heterocycles. The molecule has 0 N–H and O–H groups in total. The molecule has 9 nitrogen and oxygen atoms in total. The Labute approximate surface area is 239 Å². The quantitative estimate of drug-likeness (QED) is 0.434. The number of piperidine rings is 1. The van der Waals surface area contributed by atoms with Crippen LogP contribution in [0.2, 0.25) is 0 Å². The molecule has 2 fully saturated rings. The molecule has 2 saturated heterocycles. The number of hydrogen-bond donors (Lipinski definition) is 0. The molecule has 1 unspecified atom stereocenters. The Morgan fingerprint density at radius 3 is 2.42 bits per heavy atom. The van der Waals surface area contributed by atoms with E-state index in [-0.39, 0.29) is 25.2 Å². The Morgan fingerprint density at radius 2 is 1.70 bits per heavy atom. The number of benzene rings is 1. The van der Waals surface area contributed by atoms with Crippen molar-refractivity contribution in [2.45, 2.75) is 76.4 Å². The number of carbonyl (C=O) groups excluding carboxylic acids is 1. The lowest BCUT2D eigenvalue weighted by molar-refractivity contribution is -0.138. The molecule has 1 aromatic heterocycles. The van der Waals surface area contributed by atoms with E-state index in [1.807, 2.05) is 18.7 Å². The number of ether oxygens (including phenoxy) is 2. The Hall–Kier alpha value is -2.40. The van der Waals surface area contributed by atoms with Gasteiger partial charge in [-0.1, -0.05) is 6.42 Å². The van der Waals surface area contributed by atoms with Crippen LogP contribution in [-0.2, 0) is 39.1 Å². The Balaban J connectivity index is 1.16. The highest BCUT2D eigenvalue weighted by atomic mass is 32.2. The fourth-order valence-electron chi connectivity index (χ4n) is 6.57. The second-order valence-electron chi connectivity index (χ2n) is 11.5. The summed E-state index contributed by atoms with van der Waals surface area (Å²) in [4.78, 5) is 17.8. The normalized spacial score (nSPS) is 20.6. The molecule has 1 atom stereocenters. The predicted molar refractivity (Wildman–Crippen MR) is 154 cm³/mol. The van der Waals surface area contributed by atoms with Crippen molar-refractivity contribution < 1.29 is 22.7 Å². The van der Waals surface area contributed by atoms with Gasteiger partial charge in [-0.25, -0.2) is 8.42 Å². The number of rotatable bonds is 10. The molecular weight excluding hydrogens is 528 g/mol. The van der Waals surface area contributed by atoms with Crippen molar-refractivity contribution in [2.75, 3.05) is 53.0 Å². The number of likely N-dealkylation sites (tertiary alicyclic amines) is 1. The van der Waals surface area contributed by atoms with Gasteiger partial charge in [-0.05, 0) is 88.0 Å². The first-order valence-electron chi connectivity index (χ1n) is 14.7. The molecule has 2 aromatic rings. The number of carbonyl (C=O) groups is 1. The SMILES string of the molecule is COc1cc(C)c(S(=O)(=O)N2CCCCC2COCC(=O)N2CCn3c(CCN4CCCC4)ccc3C2)c(C)c1. The molecule has 220 valence electrons. The number of aryl methyl sites for hydroxylation is 2. The monoisotopic (exact) mass is 572 g/mol. The van der Waals surface area contributed by atoms with Crippen molar-refractivity contribution in [2.24, 2.45) is 0 Å². The first-order chi connectivity index (χ1) is 19.3. The highest BCUT2D eigenvalue weighted by Crippen LogP contribution is 2.32. The Bertz CT molecular complexity index is 1280. The second kappa shape index (κ2) is 12.6. The standard InChI is InChI=1S/C30H44N4O5S/c1-23-18-28(38-3)19-24(2)30(23)40(36,37)34-14-5-4-8-27(34)21-39-22-29(35)32-16-17-33-25(9-10-26(33)20-32)11-15-31-12-6-7-13-31/h9-10,18-19,27H,4-8,11-17,20-22H2,1-3H3. The van der Waals surface area contributed by atoms with E-state index >= 15 is 0 Å². The smallest absolute Gasteiger partial charge is 0.248 e. The molecule has 1 aromatic carbocycles. The van der Waals surface area contributed by atoms with Crippen LogP contribution in [-0.4, -0.2) is 92.1 Å². The van der Waals surface area contributed by atoms with Gasteiger partial charge < -0.3 is 23.8 Å². The maximum atomic E-state index is 13.8. The van der Waals surface area contributed by atoms with Gasteiger partial charge in [0.25, 0.3) is 0 Å². The summed E-state index contributed by atoms with van der Waals surface area (Å²) >= 11 is 0. The van der Waals surface area contributed by atoms with Crippen molar-refractivity contribution in [3.05, 3.63) is 46.8 Å². The van der Waals surface area contributed by atoms with Crippen molar-refractivity contribution in [3.63, 3.8) is 0 Å². The summed E-state index contributed by atoms with van der Waals surface area (Å²) in [7, 11) is -2.13. The van der Waals surface area contributed by atoms with Gasteiger partial charge in [-0.2, -0.15) is 4.31 Å². The molecule has 3 aliphatic rings. The summed E-state index contributed by atoms with van der Waals surface area (Å²) in [6.07, 6.45) is 6.14. The zero-order valence-corrected chi connectivity index (χ0v) is 25.0. The van der Waals surface area contributed by atoms with Gasteiger partial charge in [-0.15, -0.1) is 0 Å². The van der Waals surface area contributed by atoms with Gasteiger partial charge in [-0.3, -0.25) is 4.79 Å². The molecule has 3 aliphatic heterocycles. The third-order valence-corrected chi connectivity index (χ3v) is 10.9. The molecule has 0 aliphatic carbocycles. The number of methoxy groups -OCH3 is 1. The van der Waals surface area contributed by atoms with Crippen LogP contribution >= 0.6 is 0 Å². The van der Waals surface area contributed by atoms with E-state index in [0.29, 0.717) is 41.4 Å². The minimum absolute atomic E-state index is 0.0342. The van der Waals surface area contributed by atoms with Gasteiger partial charge in [0.1, 0.15) is 12.4 Å². The molecule has 0 bridgehead atoms. The average Bonchev–Trinajstić information content (AvgIpc) is 3.61. The molecule has 1 amide bonds. The van der Waals surface area contributed by atoms with Crippen LogP contribution in [0.25, 0.3) is 0 Å². The summed E-state index contributed by atoms with van der Waals surface area (Å²) in [6.45, 7) is 9.83. The third kappa shape index (κ3) is 6.25. The van der Waals surface area contributed by atoms with Gasteiger partial charge >= 0.3 is 0 Å². The fourth-order valence-corrected chi connectivity index (χ4v) is 8.66. The van der Waals surface area contributed by atoms with Crippen LogP contribution < -0.4 is 4.74 Å². The molecule has 10 heteroatoms. The second-order valence-corrected chi connectivity index (χ2v) is 13.3. The van der Waals surface area contributed by atoms with Gasteiger partial charge in [0.15, 0.2) is 0 Å². The highest BCUT2D eigenvalue weighted by Gasteiger charge is 2.36. The van der Waals surface area contributed by atoms with E-state index in [4.69, 9.17) is 9.47 Å². The molecule has 40 heavy (non-hydrogen) atoms. The molecular formula is C30H44N4O5S. The maximum absolute atomic E-state index is 13.8. The van der Waals surface area contributed by atoms with Crippen LogP contribution in [0.1, 0.15) is 54.6 Å². The number of fused-ring (bicyclic) bond motifs is 1. The van der Waals surface area contributed by atoms with Crippen molar-refractivity contribution >= 4 is 15.9 Å². The van der Waals surface area contributed by atoms with Crippen molar-refractivity contribution in [3.8, 4) is 5.75 Å². The minimum atomic E-state index is -3.71. The lowest BCUT2D eigenvalue weighted by atomic mass is 10.1. The van der Waals surface area contributed by atoms with E-state index in [0.717, 1.165) is 38.8 Å². The van der Waals surface area contributed by atoms with Crippen LogP contribution in [0.4, 0.5) is 0 Å². The van der Waals surface area contributed by atoms with E-state index in [2.05, 4.69) is 21.6 Å². The first-order valence-corrected chi connectivity index (χ1v) is 16.1. The number of amides is 1. The predicted octanol–water partition coefficient (Wildman–Crippen LogP) is 3.35.